The van der Waals surface area contributed by atoms with Crippen molar-refractivity contribution >= 4 is 21.6 Å². The Labute approximate surface area is 115 Å². The van der Waals surface area contributed by atoms with Crippen LogP contribution in [0, 0.1) is 17.1 Å². The van der Waals surface area contributed by atoms with Gasteiger partial charge in [-0.15, -0.1) is 0 Å². The minimum atomic E-state index is -0.342. The highest BCUT2D eigenvalue weighted by atomic mass is 79.9. The molecule has 0 aliphatic carbocycles. The van der Waals surface area contributed by atoms with Crippen LogP contribution in [0.5, 0.6) is 0 Å². The summed E-state index contributed by atoms with van der Waals surface area (Å²) in [6.45, 7) is 4.64. The Morgan fingerprint density at radius 2 is 2.17 bits per heavy atom. The lowest BCUT2D eigenvalue weighted by Gasteiger charge is -2.39. The molecular weight excluding hydrogens is 297 g/mol. The van der Waals surface area contributed by atoms with Crippen molar-refractivity contribution in [3.63, 3.8) is 0 Å². The highest BCUT2D eigenvalue weighted by Gasteiger charge is 2.24. The molecule has 1 saturated heterocycles. The largest absolute Gasteiger partial charge is 0.366 e. The summed E-state index contributed by atoms with van der Waals surface area (Å²) in [5, 5.41) is 8.85. The third-order valence-electron chi connectivity index (χ3n) is 3.48. The molecule has 1 aliphatic rings. The third-order valence-corrected chi connectivity index (χ3v) is 4.26. The minimum Gasteiger partial charge on any atom is -0.366 e. The van der Waals surface area contributed by atoms with Gasteiger partial charge in [0.1, 0.15) is 6.07 Å². The Balaban J connectivity index is 2.30. The van der Waals surface area contributed by atoms with E-state index >= 15 is 0 Å². The van der Waals surface area contributed by atoms with Gasteiger partial charge in [-0.3, -0.25) is 0 Å². The molecule has 2 rings (SSSR count). The van der Waals surface area contributed by atoms with Crippen molar-refractivity contribution in [3.8, 4) is 6.07 Å². The number of hydrogen-bond donors (Lipinski definition) is 0. The molecule has 0 amide bonds. The second kappa shape index (κ2) is 5.25. The van der Waals surface area contributed by atoms with Crippen molar-refractivity contribution in [1.29, 1.82) is 5.26 Å². The first kappa shape index (κ1) is 13.3. The molecule has 1 unspecified atom stereocenters. The van der Waals surface area contributed by atoms with Crippen LogP contribution in [0.3, 0.4) is 0 Å². The molecule has 96 valence electrons. The van der Waals surface area contributed by atoms with Gasteiger partial charge in [-0.25, -0.2) is 4.39 Å². The van der Waals surface area contributed by atoms with Crippen LogP contribution in [-0.2, 0) is 0 Å². The molecule has 1 aliphatic heterocycles. The summed E-state index contributed by atoms with van der Waals surface area (Å²) in [6, 6.07) is 5.71. The lowest BCUT2D eigenvalue weighted by Crippen LogP contribution is -2.50. The number of halogens is 2. The van der Waals surface area contributed by atoms with Crippen molar-refractivity contribution in [2.45, 2.75) is 13.0 Å². The zero-order valence-corrected chi connectivity index (χ0v) is 12.0. The molecule has 0 N–H and O–H groups in total. The lowest BCUT2D eigenvalue weighted by molar-refractivity contribution is 0.233. The molecule has 0 radical (unpaired) electrons. The van der Waals surface area contributed by atoms with Crippen LogP contribution in [0.4, 0.5) is 10.1 Å². The fraction of sp³-hybridized carbons (Fsp3) is 0.462. The van der Waals surface area contributed by atoms with Crippen molar-refractivity contribution < 1.29 is 4.39 Å². The summed E-state index contributed by atoms with van der Waals surface area (Å²) in [5.74, 6) is -0.342. The maximum atomic E-state index is 14.2. The maximum Gasteiger partial charge on any atom is 0.161 e. The standard InChI is InChI=1S/C13H15BrFN3/c1-9-8-18(6-5-17(9)2)11-4-3-10(7-16)12(14)13(11)15/h3-4,9H,5-6,8H2,1-2H3. The van der Waals surface area contributed by atoms with E-state index < -0.39 is 0 Å². The van der Waals surface area contributed by atoms with Gasteiger partial charge in [0.25, 0.3) is 0 Å². The first-order valence-corrected chi connectivity index (χ1v) is 6.67. The molecule has 1 atom stereocenters. The Bertz CT molecular complexity index is 498. The molecule has 0 spiro atoms. The number of benzene rings is 1. The van der Waals surface area contributed by atoms with Gasteiger partial charge in [-0.05, 0) is 42.0 Å². The average Bonchev–Trinajstić information content (AvgIpc) is 2.36. The molecule has 0 aromatic heterocycles. The number of hydrogen-bond acceptors (Lipinski definition) is 3. The Hall–Kier alpha value is -1.12. The van der Waals surface area contributed by atoms with E-state index in [9.17, 15) is 4.39 Å². The molecule has 18 heavy (non-hydrogen) atoms. The van der Waals surface area contributed by atoms with Gasteiger partial charge >= 0.3 is 0 Å². The fourth-order valence-corrected chi connectivity index (χ4v) is 2.56. The molecule has 1 fully saturated rings. The van der Waals surface area contributed by atoms with Crippen LogP contribution in [0.2, 0.25) is 0 Å². The smallest absolute Gasteiger partial charge is 0.161 e. The molecule has 0 bridgehead atoms. The van der Waals surface area contributed by atoms with E-state index in [4.69, 9.17) is 5.26 Å². The zero-order valence-electron chi connectivity index (χ0n) is 10.5. The van der Waals surface area contributed by atoms with Crippen LogP contribution in [0.25, 0.3) is 0 Å². The number of likely N-dealkylation sites (N-methyl/N-ethyl adjacent to an activating group) is 1. The molecular formula is C13H15BrFN3. The average molecular weight is 312 g/mol. The van der Waals surface area contributed by atoms with Gasteiger partial charge in [-0.1, -0.05) is 0 Å². The number of rotatable bonds is 1. The van der Waals surface area contributed by atoms with Crippen LogP contribution >= 0.6 is 15.9 Å². The summed E-state index contributed by atoms with van der Waals surface area (Å²) in [7, 11) is 2.08. The first-order chi connectivity index (χ1) is 8.54. The maximum absolute atomic E-state index is 14.2. The van der Waals surface area contributed by atoms with Crippen molar-refractivity contribution in [2.75, 3.05) is 31.6 Å². The van der Waals surface area contributed by atoms with Gasteiger partial charge < -0.3 is 9.80 Å². The quantitative estimate of drug-likeness (QED) is 0.798. The Morgan fingerprint density at radius 1 is 1.44 bits per heavy atom. The number of nitriles is 1. The van der Waals surface area contributed by atoms with Crippen molar-refractivity contribution in [1.82, 2.24) is 4.90 Å². The zero-order chi connectivity index (χ0) is 13.3. The van der Waals surface area contributed by atoms with Crippen LogP contribution in [-0.4, -0.2) is 37.6 Å². The van der Waals surface area contributed by atoms with E-state index in [1.54, 1.807) is 12.1 Å². The number of piperazine rings is 1. The second-order valence-electron chi connectivity index (χ2n) is 4.65. The fourth-order valence-electron chi connectivity index (χ4n) is 2.14. The van der Waals surface area contributed by atoms with Crippen molar-refractivity contribution in [3.05, 3.63) is 28.0 Å². The molecule has 1 aromatic rings. The molecule has 5 heteroatoms. The lowest BCUT2D eigenvalue weighted by atomic mass is 10.1. The summed E-state index contributed by atoms with van der Waals surface area (Å²) in [4.78, 5) is 4.29. The van der Waals surface area contributed by atoms with Crippen molar-refractivity contribution in [2.24, 2.45) is 0 Å². The van der Waals surface area contributed by atoms with Crippen LogP contribution in [0.1, 0.15) is 12.5 Å². The Kier molecular flexibility index (Phi) is 3.88. The van der Waals surface area contributed by atoms with Crippen LogP contribution in [0.15, 0.2) is 16.6 Å². The highest BCUT2D eigenvalue weighted by Crippen LogP contribution is 2.30. The number of nitrogens with zero attached hydrogens (tertiary/aromatic N) is 3. The number of anilines is 1. The van der Waals surface area contributed by atoms with Gasteiger partial charge in [0.2, 0.25) is 0 Å². The Morgan fingerprint density at radius 3 is 2.78 bits per heavy atom. The van der Waals surface area contributed by atoms with Gasteiger partial charge in [0.15, 0.2) is 5.82 Å². The molecule has 1 aromatic carbocycles. The normalized spacial score (nSPS) is 20.8. The summed E-state index contributed by atoms with van der Waals surface area (Å²) in [5.41, 5.74) is 0.902. The summed E-state index contributed by atoms with van der Waals surface area (Å²) < 4.78 is 14.5. The van der Waals surface area contributed by atoms with E-state index in [1.165, 1.54) is 0 Å². The van der Waals surface area contributed by atoms with Gasteiger partial charge in [0.05, 0.1) is 15.7 Å². The van der Waals surface area contributed by atoms with E-state index in [1.807, 2.05) is 11.0 Å². The molecule has 3 nitrogen and oxygen atoms in total. The second-order valence-corrected chi connectivity index (χ2v) is 5.44. The third kappa shape index (κ3) is 2.36. The predicted molar refractivity (Wildman–Crippen MR) is 73.1 cm³/mol. The monoisotopic (exact) mass is 311 g/mol. The van der Waals surface area contributed by atoms with Crippen LogP contribution < -0.4 is 4.90 Å². The predicted octanol–water partition coefficient (Wildman–Crippen LogP) is 2.60. The molecule has 0 saturated carbocycles. The van der Waals surface area contributed by atoms with E-state index in [2.05, 4.69) is 34.8 Å². The summed E-state index contributed by atoms with van der Waals surface area (Å²) in [6.07, 6.45) is 0. The summed E-state index contributed by atoms with van der Waals surface area (Å²) >= 11 is 3.15. The molecule has 1 heterocycles. The topological polar surface area (TPSA) is 30.3 Å². The first-order valence-electron chi connectivity index (χ1n) is 5.88. The van der Waals surface area contributed by atoms with Gasteiger partial charge in [0, 0.05) is 25.7 Å². The minimum absolute atomic E-state index is 0.258. The highest BCUT2D eigenvalue weighted by molar-refractivity contribution is 9.10. The van der Waals surface area contributed by atoms with E-state index in [0.29, 0.717) is 17.3 Å². The van der Waals surface area contributed by atoms with E-state index in [0.717, 1.165) is 19.6 Å². The SMILES string of the molecule is CC1CN(c2ccc(C#N)c(Br)c2F)CCN1C. The van der Waals surface area contributed by atoms with Gasteiger partial charge in [-0.2, -0.15) is 5.26 Å². The van der Waals surface area contributed by atoms with E-state index in [-0.39, 0.29) is 10.3 Å².